The molecule has 16 heteroatoms. The van der Waals surface area contributed by atoms with Crippen LogP contribution in [0.3, 0.4) is 0 Å². The number of aromatic nitrogens is 12. The summed E-state index contributed by atoms with van der Waals surface area (Å²) in [6.07, 6.45) is 40.0. The summed E-state index contributed by atoms with van der Waals surface area (Å²) in [5.74, 6) is 0. The van der Waals surface area contributed by atoms with Crippen LogP contribution in [-0.2, 0) is 157 Å². The first-order valence-corrected chi connectivity index (χ1v) is 49.7. The molecule has 0 aliphatic heterocycles. The van der Waals surface area contributed by atoms with Crippen molar-refractivity contribution in [2.45, 2.75) is 142 Å². The van der Waals surface area contributed by atoms with Crippen LogP contribution in [0.2, 0.25) is 0 Å². The standard InChI is InChI=1S/2C22H19N2.2C21H17N2.4C11H8N.4Ir/c1-14-15-7-2-3-8-17(15)22-18-10-6-9-16(19(18)13-21(22)24-14)20-11-4-5-12-23-20;1-14-9-10-17-21(24-14)13-19-18(20-8-4-5-11-23-20)12-15-6-2-3-7-16(15)22(17)19;1-2-9-21-15(6-1)18-12-17-14(19(18)13-23-21)7-5-8-16(17)20-10-3-4-11-22-20;1-2-9-19-14(6-1)12-18-15-7-5-8-16(17(15)13-21(18)23-19)20-10-3-4-11-22-20;4*1-2-6-10(7-3-1)11-8-4-5-9-12-11;;;;/h4-6,10-12H,2-3,7-8,13H2,1H3;4-5,8-11H,2-3,6-7,13H2,1H3;3-5,7,10-11,13H,1-2,6,9,12H2;3-5,7,10-12H,1-2,6,9,13H2;4*1-6,8-9H;;;;/q8*-1;;;;. The van der Waals surface area contributed by atoms with E-state index in [0.29, 0.717) is 0 Å². The molecule has 728 valence electrons. The molecule has 0 N–H and O–H groups in total. The summed E-state index contributed by atoms with van der Waals surface area (Å²) in [5.41, 5.74) is 52.0. The van der Waals surface area contributed by atoms with Gasteiger partial charge in [-0.15, -0.1) is 260 Å². The van der Waals surface area contributed by atoms with Gasteiger partial charge in [-0.2, -0.15) is 0 Å². The molecular formula is C130H104Ir4N12-8. The van der Waals surface area contributed by atoms with E-state index in [2.05, 4.69) is 175 Å². The Morgan fingerprint density at radius 2 is 0.596 bits per heavy atom. The molecule has 0 spiro atoms. The summed E-state index contributed by atoms with van der Waals surface area (Å²) >= 11 is 0. The minimum atomic E-state index is 0. The van der Waals surface area contributed by atoms with Gasteiger partial charge in [-0.1, -0.05) is 145 Å². The van der Waals surface area contributed by atoms with Crippen molar-refractivity contribution < 1.29 is 80.4 Å². The molecule has 28 rings (SSSR count). The van der Waals surface area contributed by atoms with Gasteiger partial charge in [0, 0.05) is 176 Å². The van der Waals surface area contributed by atoms with Crippen LogP contribution in [0.15, 0.2) is 353 Å². The number of aryl methyl sites for hydroxylation is 6. The third-order valence-electron chi connectivity index (χ3n) is 27.5. The third-order valence-corrected chi connectivity index (χ3v) is 27.5. The van der Waals surface area contributed by atoms with Crippen molar-refractivity contribution in [3.63, 3.8) is 0 Å². The van der Waals surface area contributed by atoms with Gasteiger partial charge in [0.05, 0.1) is 0 Å². The van der Waals surface area contributed by atoms with Gasteiger partial charge in [0.25, 0.3) is 0 Å². The van der Waals surface area contributed by atoms with E-state index >= 15 is 0 Å². The Balaban J connectivity index is 0.000000116. The van der Waals surface area contributed by atoms with Crippen molar-refractivity contribution in [2.75, 3.05) is 0 Å². The normalized spacial score (nSPS) is 12.8. The van der Waals surface area contributed by atoms with Crippen molar-refractivity contribution in [3.8, 4) is 135 Å². The molecule has 0 saturated heterocycles. The van der Waals surface area contributed by atoms with Gasteiger partial charge in [0.15, 0.2) is 0 Å². The summed E-state index contributed by atoms with van der Waals surface area (Å²) in [5, 5.41) is 0. The van der Waals surface area contributed by atoms with Crippen molar-refractivity contribution >= 4 is 0 Å². The first-order chi connectivity index (χ1) is 70.3. The van der Waals surface area contributed by atoms with Gasteiger partial charge < -0.3 is 39.9 Å². The van der Waals surface area contributed by atoms with Crippen molar-refractivity contribution in [1.82, 2.24) is 59.8 Å². The molecule has 0 amide bonds. The summed E-state index contributed by atoms with van der Waals surface area (Å²) in [6.45, 7) is 4.25. The maximum Gasteiger partial charge on any atom is 0.0439 e. The number of nitrogens with zero attached hydrogens (tertiary/aromatic N) is 12. The molecule has 8 aromatic carbocycles. The minimum absolute atomic E-state index is 0. The zero-order valence-electron chi connectivity index (χ0n) is 81.3. The molecule has 12 aromatic heterocycles. The first-order valence-electron chi connectivity index (χ1n) is 49.7. The molecule has 8 aliphatic rings. The van der Waals surface area contributed by atoms with Gasteiger partial charge in [-0.3, -0.25) is 19.9 Å². The second kappa shape index (κ2) is 50.3. The topological polar surface area (TPSA) is 155 Å². The Morgan fingerprint density at radius 1 is 0.219 bits per heavy atom. The quantitative estimate of drug-likeness (QED) is 0.133. The fourth-order valence-electron chi connectivity index (χ4n) is 20.9. The van der Waals surface area contributed by atoms with Gasteiger partial charge in [0.2, 0.25) is 0 Å². The Morgan fingerprint density at radius 3 is 1.06 bits per heavy atom. The minimum Gasteiger partial charge on any atom is -0.305 e. The van der Waals surface area contributed by atoms with E-state index in [-0.39, 0.29) is 80.4 Å². The second-order valence-electron chi connectivity index (χ2n) is 36.5. The monoisotopic (exact) mass is 2600 g/mol. The molecule has 8 aliphatic carbocycles. The average Bonchev–Trinajstić information content (AvgIpc) is 1.59. The maximum absolute atomic E-state index is 5.01. The van der Waals surface area contributed by atoms with Gasteiger partial charge in [-0.25, -0.2) is 0 Å². The Kier molecular flexibility index (Phi) is 35.7. The summed E-state index contributed by atoms with van der Waals surface area (Å²) < 4.78 is 0. The van der Waals surface area contributed by atoms with Gasteiger partial charge >= 0.3 is 0 Å². The van der Waals surface area contributed by atoms with E-state index in [1.54, 1.807) is 30.4 Å². The van der Waals surface area contributed by atoms with Crippen LogP contribution in [0.25, 0.3) is 135 Å². The number of fused-ring (bicyclic) bond motifs is 19. The number of rotatable bonds is 8. The van der Waals surface area contributed by atoms with E-state index in [1.807, 2.05) is 255 Å². The van der Waals surface area contributed by atoms with Gasteiger partial charge in [-0.05, 0) is 279 Å². The van der Waals surface area contributed by atoms with Crippen LogP contribution in [0.5, 0.6) is 0 Å². The predicted octanol–water partition coefficient (Wildman–Crippen LogP) is 28.4. The molecule has 0 bridgehead atoms. The van der Waals surface area contributed by atoms with Crippen LogP contribution >= 0.6 is 0 Å². The fourth-order valence-corrected chi connectivity index (χ4v) is 20.9. The molecule has 0 fully saturated rings. The molecule has 0 unspecified atom stereocenters. The molecule has 4 radical (unpaired) electrons. The van der Waals surface area contributed by atoms with Crippen LogP contribution < -0.4 is 0 Å². The number of hydrogen-bond acceptors (Lipinski definition) is 12. The number of benzene rings is 8. The van der Waals surface area contributed by atoms with Crippen LogP contribution in [-0.4, -0.2) is 59.8 Å². The van der Waals surface area contributed by atoms with Gasteiger partial charge in [0.1, 0.15) is 0 Å². The molecule has 12 heterocycles. The Hall–Kier alpha value is -13.8. The van der Waals surface area contributed by atoms with E-state index in [4.69, 9.17) is 19.9 Å². The third kappa shape index (κ3) is 23.8. The van der Waals surface area contributed by atoms with Crippen LogP contribution in [0, 0.1) is 62.4 Å². The van der Waals surface area contributed by atoms with E-state index in [0.717, 1.165) is 135 Å². The molecule has 0 saturated carbocycles. The van der Waals surface area contributed by atoms with Crippen molar-refractivity contribution in [3.05, 3.63) is 503 Å². The molecular weight excluding hydrogens is 2500 g/mol. The zero-order chi connectivity index (χ0) is 95.5. The molecule has 0 atom stereocenters. The zero-order valence-corrected chi connectivity index (χ0v) is 90.9. The van der Waals surface area contributed by atoms with Crippen molar-refractivity contribution in [2.24, 2.45) is 0 Å². The molecule has 146 heavy (non-hydrogen) atoms. The van der Waals surface area contributed by atoms with E-state index in [1.165, 1.54) is 223 Å². The SMILES string of the molecule is Cc1ccc2c(n1)Cc1c(-c3ccccn3)[c-]c3c(c1-2)CCCC3.Cc1nc2c(c3c1CCCC3)-c1cc[c-]c(-c3ccccn3)c1C2.[Ir].[Ir].[Ir].[Ir].[c-]1ccc2c(c1-c1ccccn1)Cc1c-2cnc2c1CCCC2.[c-]1ccc2c(c1-c1ccccn1)Cc1nc3c(cc1-2)CCCC3.[c-]1ccccc1-c1ccccn1.[c-]1ccccc1-c1ccccn1.[c-]1ccccc1-c1ccccn1.[c-]1ccccc1-c1ccccn1. The number of pyridine rings is 12. The second-order valence-corrected chi connectivity index (χ2v) is 36.5. The Labute approximate surface area is 911 Å². The number of hydrogen-bond donors (Lipinski definition) is 0. The van der Waals surface area contributed by atoms with Crippen LogP contribution in [0.1, 0.15) is 152 Å². The molecule has 12 nitrogen and oxygen atoms in total. The Bertz CT molecular complexity index is 7290. The summed E-state index contributed by atoms with van der Waals surface area (Å²) in [4.78, 5) is 54.6. The first kappa shape index (κ1) is 104. The predicted molar refractivity (Wildman–Crippen MR) is 568 cm³/mol. The summed E-state index contributed by atoms with van der Waals surface area (Å²) in [7, 11) is 0. The summed E-state index contributed by atoms with van der Waals surface area (Å²) in [6, 6.07) is 125. The van der Waals surface area contributed by atoms with E-state index < -0.39 is 0 Å². The molecule has 20 aromatic rings. The van der Waals surface area contributed by atoms with Crippen molar-refractivity contribution in [1.29, 1.82) is 0 Å². The average molecular weight is 2600 g/mol. The largest absolute Gasteiger partial charge is 0.305 e. The van der Waals surface area contributed by atoms with E-state index in [9.17, 15) is 0 Å². The smallest absolute Gasteiger partial charge is 0.0439 e. The maximum atomic E-state index is 5.01. The fraction of sp³-hybridized carbons (Fsp3) is 0.169. The van der Waals surface area contributed by atoms with Crippen LogP contribution in [0.4, 0.5) is 0 Å².